The third kappa shape index (κ3) is 4.73. The molecule has 1 aliphatic carbocycles. The Morgan fingerprint density at radius 1 is 1.17 bits per heavy atom. The zero-order chi connectivity index (χ0) is 9.40. The quantitative estimate of drug-likeness (QED) is 0.696. The highest BCUT2D eigenvalue weighted by Crippen LogP contribution is 2.20. The summed E-state index contributed by atoms with van der Waals surface area (Å²) in [7, 11) is 0. The van der Waals surface area contributed by atoms with Crippen molar-refractivity contribution in [2.75, 3.05) is 6.61 Å². The zero-order valence-corrected chi connectivity index (χ0v) is 8.55. The van der Waals surface area contributed by atoms with E-state index >= 15 is 0 Å². The van der Waals surface area contributed by atoms with E-state index in [2.05, 4.69) is 0 Å². The lowest BCUT2D eigenvalue weighted by molar-refractivity contribution is 0.00256. The molecular weight excluding hydrogens is 152 g/mol. The van der Waals surface area contributed by atoms with Crippen molar-refractivity contribution in [2.45, 2.75) is 58.7 Å². The standard InChI is InChI=1S/C8H16O2.C2H6/c1-2-10-8-5-3-7(9)4-6-8;1-2/h7-9H,2-6H2,1H3;1-2H3. The molecule has 1 fully saturated rings. The first-order valence-corrected chi connectivity index (χ1v) is 5.12. The zero-order valence-electron chi connectivity index (χ0n) is 8.55. The van der Waals surface area contributed by atoms with Crippen molar-refractivity contribution in [1.29, 1.82) is 0 Å². The Bertz CT molecular complexity index is 85.8. The molecule has 0 atom stereocenters. The average molecular weight is 174 g/mol. The van der Waals surface area contributed by atoms with E-state index in [4.69, 9.17) is 9.84 Å². The highest BCUT2D eigenvalue weighted by Gasteiger charge is 2.18. The first-order valence-electron chi connectivity index (χ1n) is 5.12. The number of rotatable bonds is 2. The lowest BCUT2D eigenvalue weighted by Gasteiger charge is -2.24. The maximum atomic E-state index is 9.14. The van der Waals surface area contributed by atoms with Crippen molar-refractivity contribution in [3.05, 3.63) is 0 Å². The molecule has 74 valence electrons. The molecule has 1 saturated carbocycles. The van der Waals surface area contributed by atoms with Crippen LogP contribution < -0.4 is 0 Å². The summed E-state index contributed by atoms with van der Waals surface area (Å²) in [4.78, 5) is 0. The second kappa shape index (κ2) is 7.56. The minimum Gasteiger partial charge on any atom is -0.393 e. The van der Waals surface area contributed by atoms with Crippen LogP contribution in [0.4, 0.5) is 0 Å². The van der Waals surface area contributed by atoms with Crippen LogP contribution >= 0.6 is 0 Å². The molecule has 0 radical (unpaired) electrons. The first-order chi connectivity index (χ1) is 5.83. The van der Waals surface area contributed by atoms with Crippen molar-refractivity contribution < 1.29 is 9.84 Å². The van der Waals surface area contributed by atoms with Crippen molar-refractivity contribution in [3.8, 4) is 0 Å². The highest BCUT2D eigenvalue weighted by atomic mass is 16.5. The van der Waals surface area contributed by atoms with Gasteiger partial charge >= 0.3 is 0 Å². The van der Waals surface area contributed by atoms with Crippen LogP contribution in [0, 0.1) is 0 Å². The summed E-state index contributed by atoms with van der Waals surface area (Å²) in [5.41, 5.74) is 0. The van der Waals surface area contributed by atoms with E-state index in [-0.39, 0.29) is 6.10 Å². The van der Waals surface area contributed by atoms with Crippen LogP contribution in [-0.4, -0.2) is 23.9 Å². The third-order valence-electron chi connectivity index (χ3n) is 2.05. The normalized spacial score (nSPS) is 29.0. The largest absolute Gasteiger partial charge is 0.393 e. The van der Waals surface area contributed by atoms with Crippen LogP contribution in [0.3, 0.4) is 0 Å². The number of hydrogen-bond donors (Lipinski definition) is 1. The number of hydrogen-bond acceptors (Lipinski definition) is 2. The van der Waals surface area contributed by atoms with Crippen LogP contribution in [0.2, 0.25) is 0 Å². The average Bonchev–Trinajstić information content (AvgIpc) is 2.13. The van der Waals surface area contributed by atoms with Gasteiger partial charge in [-0.15, -0.1) is 0 Å². The predicted octanol–water partition coefficient (Wildman–Crippen LogP) is 2.35. The fourth-order valence-corrected chi connectivity index (χ4v) is 1.45. The second-order valence-corrected chi connectivity index (χ2v) is 2.89. The molecule has 0 aromatic heterocycles. The SMILES string of the molecule is CC.CCOC1CCC(O)CC1. The molecule has 0 amide bonds. The molecule has 1 aliphatic rings. The molecule has 0 aromatic carbocycles. The van der Waals surface area contributed by atoms with Crippen molar-refractivity contribution in [1.82, 2.24) is 0 Å². The summed E-state index contributed by atoms with van der Waals surface area (Å²) in [6.07, 6.45) is 4.28. The topological polar surface area (TPSA) is 29.5 Å². The predicted molar refractivity (Wildman–Crippen MR) is 51.2 cm³/mol. The smallest absolute Gasteiger partial charge is 0.0576 e. The van der Waals surface area contributed by atoms with Gasteiger partial charge in [0.2, 0.25) is 0 Å². The highest BCUT2D eigenvalue weighted by molar-refractivity contribution is 4.71. The molecule has 2 heteroatoms. The Kier molecular flexibility index (Phi) is 7.51. The van der Waals surface area contributed by atoms with Gasteiger partial charge < -0.3 is 9.84 Å². The second-order valence-electron chi connectivity index (χ2n) is 2.89. The lowest BCUT2D eigenvalue weighted by Crippen LogP contribution is -2.24. The van der Waals surface area contributed by atoms with Crippen molar-refractivity contribution >= 4 is 0 Å². The van der Waals surface area contributed by atoms with E-state index in [9.17, 15) is 0 Å². The van der Waals surface area contributed by atoms with Gasteiger partial charge in [-0.3, -0.25) is 0 Å². The number of aliphatic hydroxyl groups is 1. The Morgan fingerprint density at radius 2 is 1.67 bits per heavy atom. The molecule has 0 heterocycles. The molecule has 0 spiro atoms. The molecule has 0 aromatic rings. The van der Waals surface area contributed by atoms with Crippen molar-refractivity contribution in [2.24, 2.45) is 0 Å². The van der Waals surface area contributed by atoms with Crippen LogP contribution in [0.15, 0.2) is 0 Å². The monoisotopic (exact) mass is 174 g/mol. The number of ether oxygens (including phenoxy) is 1. The maximum absolute atomic E-state index is 9.14. The van der Waals surface area contributed by atoms with Crippen LogP contribution in [0.5, 0.6) is 0 Å². The van der Waals surface area contributed by atoms with Gasteiger partial charge in [0.15, 0.2) is 0 Å². The van der Waals surface area contributed by atoms with Gasteiger partial charge in [-0.2, -0.15) is 0 Å². The van der Waals surface area contributed by atoms with Crippen LogP contribution in [0.25, 0.3) is 0 Å². The molecule has 1 N–H and O–H groups in total. The van der Waals surface area contributed by atoms with Gasteiger partial charge in [-0.05, 0) is 32.6 Å². The van der Waals surface area contributed by atoms with E-state index in [1.54, 1.807) is 0 Å². The van der Waals surface area contributed by atoms with Crippen LogP contribution in [-0.2, 0) is 4.74 Å². The summed E-state index contributed by atoms with van der Waals surface area (Å²) in [6, 6.07) is 0. The Balaban J connectivity index is 0.000000561. The van der Waals surface area contributed by atoms with Gasteiger partial charge in [-0.25, -0.2) is 0 Å². The molecule has 0 saturated heterocycles. The van der Waals surface area contributed by atoms with Gasteiger partial charge in [0.1, 0.15) is 0 Å². The summed E-state index contributed by atoms with van der Waals surface area (Å²) in [5.74, 6) is 0. The fraction of sp³-hybridized carbons (Fsp3) is 1.00. The summed E-state index contributed by atoms with van der Waals surface area (Å²) < 4.78 is 5.42. The summed E-state index contributed by atoms with van der Waals surface area (Å²) >= 11 is 0. The van der Waals surface area contributed by atoms with Gasteiger partial charge in [0.05, 0.1) is 12.2 Å². The van der Waals surface area contributed by atoms with Gasteiger partial charge in [0.25, 0.3) is 0 Å². The lowest BCUT2D eigenvalue weighted by atomic mass is 9.95. The van der Waals surface area contributed by atoms with E-state index < -0.39 is 0 Å². The molecule has 12 heavy (non-hydrogen) atoms. The van der Waals surface area contributed by atoms with Gasteiger partial charge in [0, 0.05) is 6.61 Å². The summed E-state index contributed by atoms with van der Waals surface area (Å²) in [5, 5.41) is 9.14. The Hall–Kier alpha value is -0.0800. The van der Waals surface area contributed by atoms with Crippen molar-refractivity contribution in [3.63, 3.8) is 0 Å². The number of aliphatic hydroxyl groups excluding tert-OH is 1. The molecule has 1 rings (SSSR count). The Morgan fingerprint density at radius 3 is 2.08 bits per heavy atom. The van der Waals surface area contributed by atoms with E-state index in [1.165, 1.54) is 0 Å². The van der Waals surface area contributed by atoms with E-state index in [1.807, 2.05) is 20.8 Å². The third-order valence-corrected chi connectivity index (χ3v) is 2.05. The van der Waals surface area contributed by atoms with Gasteiger partial charge in [-0.1, -0.05) is 13.8 Å². The van der Waals surface area contributed by atoms with E-state index in [0.717, 1.165) is 32.3 Å². The molecule has 0 unspecified atom stereocenters. The molecule has 2 nitrogen and oxygen atoms in total. The molecule has 0 aliphatic heterocycles. The molecular formula is C10H22O2. The minimum atomic E-state index is -0.0586. The first kappa shape index (κ1) is 11.9. The molecule has 0 bridgehead atoms. The Labute approximate surface area is 75.9 Å². The fourth-order valence-electron chi connectivity index (χ4n) is 1.45. The minimum absolute atomic E-state index is 0.0586. The van der Waals surface area contributed by atoms with Crippen LogP contribution in [0.1, 0.15) is 46.5 Å². The van der Waals surface area contributed by atoms with E-state index in [0.29, 0.717) is 6.10 Å². The summed E-state index contributed by atoms with van der Waals surface area (Å²) in [6.45, 7) is 6.83. The maximum Gasteiger partial charge on any atom is 0.0576 e.